The van der Waals surface area contributed by atoms with Gasteiger partial charge in [-0.3, -0.25) is 4.68 Å². The van der Waals surface area contributed by atoms with E-state index < -0.39 is 0 Å². The number of benzene rings is 1. The largest absolute Gasteiger partial charge is 0.497 e. The maximum absolute atomic E-state index is 5.70. The van der Waals surface area contributed by atoms with Gasteiger partial charge in [0.25, 0.3) is 0 Å². The Morgan fingerprint density at radius 1 is 1.32 bits per heavy atom. The number of hydrogen-bond donors (Lipinski definition) is 1. The van der Waals surface area contributed by atoms with Crippen LogP contribution >= 0.6 is 0 Å². The third kappa shape index (κ3) is 2.12. The van der Waals surface area contributed by atoms with Crippen molar-refractivity contribution < 1.29 is 4.74 Å². The molecule has 0 unspecified atom stereocenters. The molecule has 1 aromatic heterocycles. The molecule has 0 atom stereocenters. The molecule has 0 bridgehead atoms. The first-order chi connectivity index (χ1) is 9.33. The Bertz CT molecular complexity index is 572. The Kier molecular flexibility index (Phi) is 3.25. The first kappa shape index (κ1) is 12.2. The monoisotopic (exact) mass is 257 g/mol. The lowest BCUT2D eigenvalue weighted by Crippen LogP contribution is -2.05. The highest BCUT2D eigenvalue weighted by molar-refractivity contribution is 5.70. The topological polar surface area (TPSA) is 53.1 Å². The summed E-state index contributed by atoms with van der Waals surface area (Å²) < 4.78 is 7.36. The van der Waals surface area contributed by atoms with E-state index in [9.17, 15) is 0 Å². The Morgan fingerprint density at radius 3 is 2.79 bits per heavy atom. The molecule has 19 heavy (non-hydrogen) atoms. The van der Waals surface area contributed by atoms with Crippen molar-refractivity contribution in [3.05, 3.63) is 35.7 Å². The van der Waals surface area contributed by atoms with Gasteiger partial charge in [0.2, 0.25) is 0 Å². The minimum absolute atomic E-state index is 0.639. The van der Waals surface area contributed by atoms with Crippen LogP contribution in [0.2, 0.25) is 0 Å². The fourth-order valence-electron chi connectivity index (χ4n) is 2.79. The summed E-state index contributed by atoms with van der Waals surface area (Å²) in [6, 6.07) is 8.21. The van der Waals surface area contributed by atoms with Crippen LogP contribution in [0.1, 0.15) is 17.8 Å². The summed E-state index contributed by atoms with van der Waals surface area (Å²) in [6.45, 7) is 1.67. The van der Waals surface area contributed by atoms with Crippen molar-refractivity contribution in [2.45, 2.75) is 25.8 Å². The Labute approximate surface area is 113 Å². The molecule has 0 aliphatic carbocycles. The molecule has 0 spiro atoms. The molecule has 2 aromatic rings. The first-order valence-corrected chi connectivity index (χ1v) is 6.76. The van der Waals surface area contributed by atoms with Crippen molar-refractivity contribution in [2.24, 2.45) is 5.73 Å². The van der Waals surface area contributed by atoms with Gasteiger partial charge in [0.05, 0.1) is 12.8 Å². The molecule has 4 nitrogen and oxygen atoms in total. The number of methoxy groups -OCH3 is 1. The summed E-state index contributed by atoms with van der Waals surface area (Å²) in [5, 5.41) is 4.70. The van der Waals surface area contributed by atoms with Gasteiger partial charge in [-0.25, -0.2) is 0 Å². The van der Waals surface area contributed by atoms with Gasteiger partial charge in [-0.05, 0) is 37.1 Å². The molecule has 0 radical (unpaired) electrons. The van der Waals surface area contributed by atoms with E-state index in [1.807, 2.05) is 12.1 Å². The van der Waals surface area contributed by atoms with E-state index in [1.54, 1.807) is 7.11 Å². The van der Waals surface area contributed by atoms with Crippen molar-refractivity contribution in [1.82, 2.24) is 9.78 Å². The number of aromatic nitrogens is 2. The number of nitrogens with two attached hydrogens (primary N) is 1. The van der Waals surface area contributed by atoms with Crippen LogP contribution in [0.15, 0.2) is 24.3 Å². The maximum atomic E-state index is 5.70. The molecule has 0 fully saturated rings. The molecule has 2 heterocycles. The lowest BCUT2D eigenvalue weighted by atomic mass is 10.00. The normalized spacial score (nSPS) is 13.6. The van der Waals surface area contributed by atoms with Crippen LogP contribution in [0.5, 0.6) is 5.75 Å². The lowest BCUT2D eigenvalue weighted by Gasteiger charge is -2.06. The summed E-state index contributed by atoms with van der Waals surface area (Å²) in [4.78, 5) is 0. The molecule has 2 N–H and O–H groups in total. The van der Waals surface area contributed by atoms with Crippen molar-refractivity contribution >= 4 is 0 Å². The van der Waals surface area contributed by atoms with Crippen LogP contribution in [0.25, 0.3) is 11.1 Å². The van der Waals surface area contributed by atoms with Gasteiger partial charge >= 0.3 is 0 Å². The fourth-order valence-corrected chi connectivity index (χ4v) is 2.79. The summed E-state index contributed by atoms with van der Waals surface area (Å²) in [5.41, 5.74) is 10.7. The number of nitrogens with zero attached hydrogens (tertiary/aromatic N) is 2. The zero-order chi connectivity index (χ0) is 13.2. The minimum atomic E-state index is 0.639. The van der Waals surface area contributed by atoms with Gasteiger partial charge in [0.1, 0.15) is 5.75 Å². The molecule has 1 aliphatic heterocycles. The van der Waals surface area contributed by atoms with Crippen molar-refractivity contribution in [1.29, 1.82) is 0 Å². The van der Waals surface area contributed by atoms with E-state index in [1.165, 1.54) is 23.2 Å². The van der Waals surface area contributed by atoms with Crippen LogP contribution < -0.4 is 10.5 Å². The van der Waals surface area contributed by atoms with Crippen molar-refractivity contribution in [3.8, 4) is 16.9 Å². The predicted octanol–water partition coefficient (Wildman–Crippen LogP) is 2.01. The van der Waals surface area contributed by atoms with Crippen molar-refractivity contribution in [3.63, 3.8) is 0 Å². The standard InChI is InChI=1S/C15H19N3O/c1-19-12-6-4-11(5-7-12)15-13(8-9-16)17-18-10-2-3-14(15)18/h4-7H,2-3,8-10,16H2,1H3. The van der Waals surface area contributed by atoms with E-state index in [4.69, 9.17) is 15.6 Å². The molecule has 3 rings (SSSR count). The van der Waals surface area contributed by atoms with Gasteiger partial charge in [-0.2, -0.15) is 5.10 Å². The zero-order valence-corrected chi connectivity index (χ0v) is 11.2. The van der Waals surface area contributed by atoms with E-state index >= 15 is 0 Å². The highest BCUT2D eigenvalue weighted by atomic mass is 16.5. The van der Waals surface area contributed by atoms with Gasteiger partial charge in [0.15, 0.2) is 0 Å². The smallest absolute Gasteiger partial charge is 0.118 e. The lowest BCUT2D eigenvalue weighted by molar-refractivity contribution is 0.415. The molecule has 1 aliphatic rings. The Morgan fingerprint density at radius 2 is 2.11 bits per heavy atom. The fraction of sp³-hybridized carbons (Fsp3) is 0.400. The average Bonchev–Trinajstić information content (AvgIpc) is 3.00. The molecular weight excluding hydrogens is 238 g/mol. The molecule has 4 heteroatoms. The predicted molar refractivity (Wildman–Crippen MR) is 75.3 cm³/mol. The SMILES string of the molecule is COc1ccc(-c2c(CCN)nn3c2CCC3)cc1. The highest BCUT2D eigenvalue weighted by Gasteiger charge is 2.22. The van der Waals surface area contributed by atoms with Crippen LogP contribution in [0.3, 0.4) is 0 Å². The number of aryl methyl sites for hydroxylation is 1. The van der Waals surface area contributed by atoms with Crippen LogP contribution in [-0.4, -0.2) is 23.4 Å². The van der Waals surface area contributed by atoms with Gasteiger partial charge in [-0.1, -0.05) is 12.1 Å². The summed E-state index contributed by atoms with van der Waals surface area (Å²) in [7, 11) is 1.69. The third-order valence-electron chi connectivity index (χ3n) is 3.67. The van der Waals surface area contributed by atoms with E-state index in [-0.39, 0.29) is 0 Å². The summed E-state index contributed by atoms with van der Waals surface area (Å²) in [5.74, 6) is 0.882. The van der Waals surface area contributed by atoms with E-state index in [0.717, 1.165) is 30.8 Å². The molecule has 100 valence electrons. The van der Waals surface area contributed by atoms with Crippen LogP contribution in [-0.2, 0) is 19.4 Å². The Hall–Kier alpha value is -1.81. The number of fused-ring (bicyclic) bond motifs is 1. The molecule has 0 amide bonds. The number of rotatable bonds is 4. The summed E-state index contributed by atoms with van der Waals surface area (Å²) in [6.07, 6.45) is 3.13. The minimum Gasteiger partial charge on any atom is -0.497 e. The van der Waals surface area contributed by atoms with Crippen LogP contribution in [0, 0.1) is 0 Å². The Balaban J connectivity index is 2.06. The van der Waals surface area contributed by atoms with Gasteiger partial charge in [-0.15, -0.1) is 0 Å². The first-order valence-electron chi connectivity index (χ1n) is 6.76. The van der Waals surface area contributed by atoms with E-state index in [0.29, 0.717) is 6.54 Å². The number of hydrogen-bond acceptors (Lipinski definition) is 3. The van der Waals surface area contributed by atoms with Crippen molar-refractivity contribution in [2.75, 3.05) is 13.7 Å². The van der Waals surface area contributed by atoms with Gasteiger partial charge < -0.3 is 10.5 Å². The number of ether oxygens (including phenoxy) is 1. The molecule has 0 saturated heterocycles. The molecule has 1 aromatic carbocycles. The maximum Gasteiger partial charge on any atom is 0.118 e. The van der Waals surface area contributed by atoms with Crippen LogP contribution in [0.4, 0.5) is 0 Å². The highest BCUT2D eigenvalue weighted by Crippen LogP contribution is 2.32. The second-order valence-corrected chi connectivity index (χ2v) is 4.86. The molecular formula is C15H19N3O. The van der Waals surface area contributed by atoms with Gasteiger partial charge in [0, 0.05) is 24.2 Å². The summed E-state index contributed by atoms with van der Waals surface area (Å²) >= 11 is 0. The average molecular weight is 257 g/mol. The van der Waals surface area contributed by atoms with E-state index in [2.05, 4.69) is 16.8 Å². The second kappa shape index (κ2) is 5.05. The molecule has 0 saturated carbocycles. The third-order valence-corrected chi connectivity index (χ3v) is 3.67. The zero-order valence-electron chi connectivity index (χ0n) is 11.2. The quantitative estimate of drug-likeness (QED) is 0.911. The second-order valence-electron chi connectivity index (χ2n) is 4.86.